The maximum absolute atomic E-state index is 6.12. The van der Waals surface area contributed by atoms with Crippen molar-refractivity contribution in [1.29, 1.82) is 0 Å². The van der Waals surface area contributed by atoms with Gasteiger partial charge in [-0.1, -0.05) is 12.8 Å². The minimum absolute atomic E-state index is 0.478. The van der Waals surface area contributed by atoms with Crippen molar-refractivity contribution in [2.75, 3.05) is 61.0 Å². The Morgan fingerprint density at radius 2 is 1.33 bits per heavy atom. The number of unbranched alkanes of at least 4 members (excludes halogenated alkanes) is 1. The van der Waals surface area contributed by atoms with Gasteiger partial charge in [-0.2, -0.15) is 0 Å². The van der Waals surface area contributed by atoms with Gasteiger partial charge in [-0.25, -0.2) is 0 Å². The fourth-order valence-electron chi connectivity index (χ4n) is 3.71. The Balaban J connectivity index is 1.78. The second kappa shape index (κ2) is 13.2. The van der Waals surface area contributed by atoms with Crippen LogP contribution >= 0.6 is 0 Å². The molecule has 2 rings (SSSR count). The zero-order chi connectivity index (χ0) is 19.4. The molecule has 2 fully saturated rings. The van der Waals surface area contributed by atoms with Crippen molar-refractivity contribution in [2.45, 2.75) is 56.8 Å². The Hall–Kier alpha value is -0.0631. The van der Waals surface area contributed by atoms with E-state index in [4.69, 9.17) is 32.2 Å². The molecule has 0 aromatic rings. The minimum Gasteiger partial charge on any atom is -0.382 e. The van der Waals surface area contributed by atoms with Gasteiger partial charge >= 0.3 is 8.80 Å². The average molecular weight is 407 g/mol. The summed E-state index contributed by atoms with van der Waals surface area (Å²) in [5.41, 5.74) is 0. The molecule has 3 unspecified atom stereocenters. The zero-order valence-corrected chi connectivity index (χ0v) is 18.3. The molecule has 0 spiro atoms. The first-order chi connectivity index (χ1) is 13.2. The van der Waals surface area contributed by atoms with Crippen molar-refractivity contribution in [2.24, 2.45) is 5.92 Å². The Labute approximate surface area is 165 Å². The maximum Gasteiger partial charge on any atom is 0.501 e. The van der Waals surface area contributed by atoms with Gasteiger partial charge in [-0.05, 0) is 31.6 Å². The van der Waals surface area contributed by atoms with Crippen molar-refractivity contribution < 1.29 is 32.2 Å². The summed E-state index contributed by atoms with van der Waals surface area (Å²) >= 11 is 0. The van der Waals surface area contributed by atoms with E-state index in [0.29, 0.717) is 51.8 Å². The number of hydrogen-bond acceptors (Lipinski definition) is 7. The SMILES string of the molecule is COCCO[Si](CCCCC1CCC2OC2C1)(OCCOC)OCCOC. The first-order valence-electron chi connectivity index (χ1n) is 10.3. The molecule has 1 saturated heterocycles. The molecule has 0 aromatic heterocycles. The lowest BCUT2D eigenvalue weighted by atomic mass is 9.86. The van der Waals surface area contributed by atoms with Gasteiger partial charge in [0.25, 0.3) is 0 Å². The number of methoxy groups -OCH3 is 3. The Kier molecular flexibility index (Phi) is 11.4. The molecule has 1 aliphatic carbocycles. The quantitative estimate of drug-likeness (QED) is 0.209. The van der Waals surface area contributed by atoms with Gasteiger partial charge in [-0.3, -0.25) is 0 Å². The molecule has 1 heterocycles. The van der Waals surface area contributed by atoms with Crippen LogP contribution in [0.1, 0.15) is 38.5 Å². The fraction of sp³-hybridized carbons (Fsp3) is 1.00. The lowest BCUT2D eigenvalue weighted by Crippen LogP contribution is -2.48. The highest BCUT2D eigenvalue weighted by Crippen LogP contribution is 2.41. The molecule has 2 aliphatic rings. The molecule has 1 aliphatic heterocycles. The van der Waals surface area contributed by atoms with Crippen LogP contribution in [0.25, 0.3) is 0 Å². The van der Waals surface area contributed by atoms with Crippen molar-refractivity contribution in [3.63, 3.8) is 0 Å². The van der Waals surface area contributed by atoms with Gasteiger partial charge in [0, 0.05) is 27.4 Å². The monoisotopic (exact) mass is 406 g/mol. The van der Waals surface area contributed by atoms with Crippen LogP contribution < -0.4 is 0 Å². The Morgan fingerprint density at radius 1 is 0.741 bits per heavy atom. The maximum atomic E-state index is 6.12. The second-order valence-corrected chi connectivity index (χ2v) is 10.1. The van der Waals surface area contributed by atoms with E-state index in [1.54, 1.807) is 21.3 Å². The first kappa shape index (κ1) is 23.2. The Morgan fingerprint density at radius 3 is 1.85 bits per heavy atom. The van der Waals surface area contributed by atoms with Gasteiger partial charge in [0.1, 0.15) is 0 Å². The molecule has 0 aromatic carbocycles. The van der Waals surface area contributed by atoms with Crippen molar-refractivity contribution in [3.05, 3.63) is 0 Å². The normalized spacial score (nSPS) is 24.8. The van der Waals surface area contributed by atoms with E-state index in [2.05, 4.69) is 0 Å². The molecule has 0 bridgehead atoms. The molecule has 1 saturated carbocycles. The molecule has 27 heavy (non-hydrogen) atoms. The number of fused-ring (bicyclic) bond motifs is 1. The summed E-state index contributed by atoms with van der Waals surface area (Å²) in [6, 6.07) is 0.819. The van der Waals surface area contributed by atoms with E-state index in [0.717, 1.165) is 18.4 Å². The van der Waals surface area contributed by atoms with E-state index in [1.807, 2.05) is 0 Å². The van der Waals surface area contributed by atoms with E-state index in [9.17, 15) is 0 Å². The zero-order valence-electron chi connectivity index (χ0n) is 17.3. The van der Waals surface area contributed by atoms with E-state index in [-0.39, 0.29) is 0 Å². The predicted octanol–water partition coefficient (Wildman–Crippen LogP) is 2.65. The Bertz CT molecular complexity index is 359. The predicted molar refractivity (Wildman–Crippen MR) is 104 cm³/mol. The number of rotatable bonds is 17. The summed E-state index contributed by atoms with van der Waals surface area (Å²) in [6.45, 7) is 3.02. The largest absolute Gasteiger partial charge is 0.501 e. The van der Waals surface area contributed by atoms with E-state index < -0.39 is 8.80 Å². The number of hydrogen-bond donors (Lipinski definition) is 0. The smallest absolute Gasteiger partial charge is 0.382 e. The van der Waals surface area contributed by atoms with Crippen LogP contribution in [0.3, 0.4) is 0 Å². The van der Waals surface area contributed by atoms with Crippen LogP contribution in [0.15, 0.2) is 0 Å². The van der Waals surface area contributed by atoms with Gasteiger partial charge in [0.05, 0.1) is 51.8 Å². The summed E-state index contributed by atoms with van der Waals surface area (Å²) in [5.74, 6) is 0.808. The second-order valence-electron chi connectivity index (χ2n) is 7.34. The van der Waals surface area contributed by atoms with E-state index >= 15 is 0 Å². The van der Waals surface area contributed by atoms with Gasteiger partial charge < -0.3 is 32.2 Å². The van der Waals surface area contributed by atoms with Crippen molar-refractivity contribution >= 4 is 8.80 Å². The van der Waals surface area contributed by atoms with Crippen molar-refractivity contribution in [1.82, 2.24) is 0 Å². The average Bonchev–Trinajstić information content (AvgIpc) is 3.45. The first-order valence-corrected chi connectivity index (χ1v) is 12.2. The summed E-state index contributed by atoms with van der Waals surface area (Å²) in [4.78, 5) is 0. The van der Waals surface area contributed by atoms with Gasteiger partial charge in [0.15, 0.2) is 0 Å². The third kappa shape index (κ3) is 8.87. The van der Waals surface area contributed by atoms with E-state index in [1.165, 1.54) is 32.1 Å². The molecule has 0 radical (unpaired) electrons. The third-order valence-electron chi connectivity index (χ3n) is 5.29. The summed E-state index contributed by atoms with van der Waals surface area (Å²) in [5, 5.41) is 0. The molecular weight excluding hydrogens is 368 g/mol. The molecule has 160 valence electrons. The molecule has 0 N–H and O–H groups in total. The van der Waals surface area contributed by atoms with Gasteiger partial charge in [-0.15, -0.1) is 0 Å². The molecular formula is C19H38O7Si. The number of ether oxygens (including phenoxy) is 4. The minimum atomic E-state index is -2.76. The van der Waals surface area contributed by atoms with Gasteiger partial charge in [0.2, 0.25) is 0 Å². The lowest BCUT2D eigenvalue weighted by molar-refractivity contribution is 0.0142. The summed E-state index contributed by atoms with van der Waals surface area (Å²) < 4.78 is 39.4. The summed E-state index contributed by atoms with van der Waals surface area (Å²) in [7, 11) is 2.24. The fourth-order valence-corrected chi connectivity index (χ4v) is 6.26. The number of epoxide rings is 1. The highest BCUT2D eigenvalue weighted by atomic mass is 28.4. The highest BCUT2D eigenvalue weighted by Gasteiger charge is 2.44. The van der Waals surface area contributed by atoms with Crippen LogP contribution in [0.5, 0.6) is 0 Å². The molecule has 3 atom stereocenters. The standard InChI is InChI=1S/C19H38O7Si/c1-20-9-12-23-27(24-13-10-21-2,25-14-11-22-3)15-5-4-6-17-7-8-18-19(16-17)26-18/h17-19H,4-16H2,1-3H3. The van der Waals surface area contributed by atoms with Crippen LogP contribution in [-0.2, 0) is 32.2 Å². The van der Waals surface area contributed by atoms with Crippen LogP contribution in [0.4, 0.5) is 0 Å². The summed E-state index contributed by atoms with van der Waals surface area (Å²) in [6.07, 6.45) is 8.41. The molecule has 7 nitrogen and oxygen atoms in total. The van der Waals surface area contributed by atoms with Crippen LogP contribution in [0.2, 0.25) is 6.04 Å². The van der Waals surface area contributed by atoms with Crippen LogP contribution in [-0.4, -0.2) is 82.0 Å². The lowest BCUT2D eigenvalue weighted by Gasteiger charge is -2.30. The topological polar surface area (TPSA) is 67.9 Å². The molecule has 0 amide bonds. The van der Waals surface area contributed by atoms with Crippen molar-refractivity contribution in [3.8, 4) is 0 Å². The van der Waals surface area contributed by atoms with Crippen LogP contribution in [0, 0.1) is 5.92 Å². The highest BCUT2D eigenvalue weighted by molar-refractivity contribution is 6.60. The third-order valence-corrected chi connectivity index (χ3v) is 8.18. The molecule has 8 heteroatoms.